The molecule has 3 aromatic rings. The van der Waals surface area contributed by atoms with E-state index in [9.17, 15) is 8.42 Å². The van der Waals surface area contributed by atoms with E-state index in [-0.39, 0.29) is 12.3 Å². The molecule has 22 heavy (non-hydrogen) atoms. The van der Waals surface area contributed by atoms with Crippen LogP contribution in [0.3, 0.4) is 0 Å². The summed E-state index contributed by atoms with van der Waals surface area (Å²) in [4.78, 5) is 8.50. The Morgan fingerprint density at radius 2 is 2.14 bits per heavy atom. The summed E-state index contributed by atoms with van der Waals surface area (Å²) in [6.07, 6.45) is 1.67. The van der Waals surface area contributed by atoms with Gasteiger partial charge in [-0.25, -0.2) is 23.1 Å². The lowest BCUT2D eigenvalue weighted by Gasteiger charge is -2.07. The van der Waals surface area contributed by atoms with Gasteiger partial charge in [0.25, 0.3) is 0 Å². The molecule has 0 atom stereocenters. The highest BCUT2D eigenvalue weighted by atomic mass is 32.2. The van der Waals surface area contributed by atoms with Crippen LogP contribution in [-0.2, 0) is 23.1 Å². The molecule has 3 rings (SSSR count). The lowest BCUT2D eigenvalue weighted by molar-refractivity contribution is 0.575. The van der Waals surface area contributed by atoms with Gasteiger partial charge in [0, 0.05) is 17.6 Å². The Labute approximate surface area is 132 Å². The smallest absolute Gasteiger partial charge is 0.213 e. The van der Waals surface area contributed by atoms with Crippen LogP contribution in [0.15, 0.2) is 36.0 Å². The Morgan fingerprint density at radius 1 is 1.32 bits per heavy atom. The summed E-state index contributed by atoms with van der Waals surface area (Å²) >= 11 is 1.45. The summed E-state index contributed by atoms with van der Waals surface area (Å²) in [7, 11) is -3.35. The average Bonchev–Trinajstić information content (AvgIpc) is 3.10. The fourth-order valence-electron chi connectivity index (χ4n) is 2.13. The normalized spacial score (nSPS) is 12.0. The highest BCUT2D eigenvalue weighted by Crippen LogP contribution is 2.12. The number of aryl methyl sites for hydroxylation is 2. The molecular formula is C14H16N4O2S2. The number of nitrogens with one attached hydrogen (secondary N) is 1. The van der Waals surface area contributed by atoms with Gasteiger partial charge in [-0.2, -0.15) is 0 Å². The third-order valence-electron chi connectivity index (χ3n) is 3.24. The molecule has 0 unspecified atom stereocenters. The predicted molar refractivity (Wildman–Crippen MR) is 87.2 cm³/mol. The van der Waals surface area contributed by atoms with Crippen molar-refractivity contribution in [2.75, 3.05) is 5.75 Å². The lowest BCUT2D eigenvalue weighted by Crippen LogP contribution is -2.27. The molecule has 1 N–H and O–H groups in total. The summed E-state index contributed by atoms with van der Waals surface area (Å²) in [5.74, 6) is 0.0116. The molecule has 0 fully saturated rings. The first kappa shape index (κ1) is 15.1. The van der Waals surface area contributed by atoms with Crippen LogP contribution < -0.4 is 4.72 Å². The van der Waals surface area contributed by atoms with Crippen LogP contribution in [0.5, 0.6) is 0 Å². The van der Waals surface area contributed by atoms with E-state index in [4.69, 9.17) is 0 Å². The van der Waals surface area contributed by atoms with Crippen LogP contribution in [0.1, 0.15) is 10.7 Å². The first-order valence-electron chi connectivity index (χ1n) is 6.82. The first-order chi connectivity index (χ1) is 10.5. The second-order valence-corrected chi connectivity index (χ2v) is 7.82. The summed E-state index contributed by atoms with van der Waals surface area (Å²) < 4.78 is 28.6. The minimum atomic E-state index is -3.35. The molecule has 0 aliphatic heterocycles. The summed E-state index contributed by atoms with van der Waals surface area (Å²) in [5, 5.41) is 2.68. The second-order valence-electron chi connectivity index (χ2n) is 4.95. The molecule has 116 valence electrons. The van der Waals surface area contributed by atoms with Crippen molar-refractivity contribution >= 4 is 32.4 Å². The SMILES string of the molecule is Cc1csc(CNS(=O)(=O)CCn2cnc3ccccc32)n1. The fraction of sp³-hybridized carbons (Fsp3) is 0.286. The number of nitrogens with zero attached hydrogens (tertiary/aromatic N) is 3. The maximum Gasteiger partial charge on any atom is 0.213 e. The minimum Gasteiger partial charge on any atom is -0.330 e. The van der Waals surface area contributed by atoms with E-state index in [0.717, 1.165) is 21.7 Å². The molecule has 2 heterocycles. The number of hydrogen-bond acceptors (Lipinski definition) is 5. The van der Waals surface area contributed by atoms with Crippen molar-refractivity contribution in [3.63, 3.8) is 0 Å². The Balaban J connectivity index is 1.62. The highest BCUT2D eigenvalue weighted by Gasteiger charge is 2.12. The number of imidazole rings is 1. The summed E-state index contributed by atoms with van der Waals surface area (Å²) in [5.41, 5.74) is 2.71. The molecule has 0 saturated heterocycles. The van der Waals surface area contributed by atoms with Gasteiger partial charge in [0.2, 0.25) is 10.0 Å². The molecule has 0 aliphatic rings. The van der Waals surface area contributed by atoms with Gasteiger partial charge in [0.15, 0.2) is 0 Å². The maximum atomic E-state index is 12.1. The molecule has 0 saturated carbocycles. The van der Waals surface area contributed by atoms with E-state index in [1.807, 2.05) is 41.1 Å². The third kappa shape index (κ3) is 3.52. The number of hydrogen-bond donors (Lipinski definition) is 1. The molecule has 2 aromatic heterocycles. The first-order valence-corrected chi connectivity index (χ1v) is 9.35. The number of sulfonamides is 1. The van der Waals surface area contributed by atoms with E-state index in [0.29, 0.717) is 6.54 Å². The minimum absolute atomic E-state index is 0.0116. The van der Waals surface area contributed by atoms with Gasteiger partial charge in [-0.05, 0) is 19.1 Å². The van der Waals surface area contributed by atoms with Crippen molar-refractivity contribution in [1.82, 2.24) is 19.3 Å². The van der Waals surface area contributed by atoms with Gasteiger partial charge in [-0.1, -0.05) is 12.1 Å². The summed E-state index contributed by atoms with van der Waals surface area (Å²) in [6.45, 7) is 2.50. The number of rotatable bonds is 6. The zero-order chi connectivity index (χ0) is 15.6. The molecule has 8 heteroatoms. The number of thiazole rings is 1. The van der Waals surface area contributed by atoms with Crippen LogP contribution in [0.25, 0.3) is 11.0 Å². The molecule has 0 aliphatic carbocycles. The fourth-order valence-corrected chi connectivity index (χ4v) is 3.88. The number of fused-ring (bicyclic) bond motifs is 1. The van der Waals surface area contributed by atoms with Gasteiger partial charge < -0.3 is 4.57 Å². The van der Waals surface area contributed by atoms with Gasteiger partial charge in [-0.15, -0.1) is 11.3 Å². The molecule has 0 amide bonds. The molecule has 0 bridgehead atoms. The Morgan fingerprint density at radius 3 is 2.91 bits per heavy atom. The van der Waals surface area contributed by atoms with Gasteiger partial charge >= 0.3 is 0 Å². The van der Waals surface area contributed by atoms with Crippen LogP contribution >= 0.6 is 11.3 Å². The third-order valence-corrected chi connectivity index (χ3v) is 5.51. The average molecular weight is 336 g/mol. The van der Waals surface area contributed by atoms with Gasteiger partial charge in [0.05, 0.1) is 29.7 Å². The topological polar surface area (TPSA) is 76.9 Å². The van der Waals surface area contributed by atoms with Crippen molar-refractivity contribution in [2.45, 2.75) is 20.0 Å². The zero-order valence-corrected chi connectivity index (χ0v) is 13.7. The van der Waals surface area contributed by atoms with Crippen molar-refractivity contribution < 1.29 is 8.42 Å². The van der Waals surface area contributed by atoms with E-state index in [1.54, 1.807) is 6.33 Å². The van der Waals surface area contributed by atoms with E-state index in [1.165, 1.54) is 11.3 Å². The van der Waals surface area contributed by atoms with E-state index in [2.05, 4.69) is 14.7 Å². The molecule has 6 nitrogen and oxygen atoms in total. The van der Waals surface area contributed by atoms with E-state index < -0.39 is 10.0 Å². The second kappa shape index (κ2) is 6.15. The van der Waals surface area contributed by atoms with Gasteiger partial charge in [0.1, 0.15) is 5.01 Å². The van der Waals surface area contributed by atoms with Crippen LogP contribution in [0, 0.1) is 6.92 Å². The van der Waals surface area contributed by atoms with Crippen LogP contribution in [0.2, 0.25) is 0 Å². The monoisotopic (exact) mass is 336 g/mol. The van der Waals surface area contributed by atoms with Crippen molar-refractivity contribution in [1.29, 1.82) is 0 Å². The molecular weight excluding hydrogens is 320 g/mol. The quantitative estimate of drug-likeness (QED) is 0.746. The number of para-hydroxylation sites is 2. The maximum absolute atomic E-state index is 12.1. The van der Waals surface area contributed by atoms with E-state index >= 15 is 0 Å². The predicted octanol–water partition coefficient (Wildman–Crippen LogP) is 1.92. The van der Waals surface area contributed by atoms with Crippen molar-refractivity contribution in [3.8, 4) is 0 Å². The van der Waals surface area contributed by atoms with Crippen molar-refractivity contribution in [3.05, 3.63) is 46.7 Å². The summed E-state index contributed by atoms with van der Waals surface area (Å²) in [6, 6.07) is 7.66. The Hall–Kier alpha value is -1.77. The lowest BCUT2D eigenvalue weighted by atomic mass is 10.3. The largest absolute Gasteiger partial charge is 0.330 e. The molecule has 0 spiro atoms. The number of aromatic nitrogens is 3. The molecule has 1 aromatic carbocycles. The zero-order valence-electron chi connectivity index (χ0n) is 12.1. The Bertz CT molecular complexity index is 883. The Kier molecular flexibility index (Phi) is 4.23. The van der Waals surface area contributed by atoms with Gasteiger partial charge in [-0.3, -0.25) is 0 Å². The standard InChI is InChI=1S/C14H16N4O2S2/c1-11-9-21-14(17-11)8-16-22(19,20)7-6-18-10-15-12-4-2-3-5-13(12)18/h2-5,9-10,16H,6-8H2,1H3. The van der Waals surface area contributed by atoms with Crippen LogP contribution in [0.4, 0.5) is 0 Å². The highest BCUT2D eigenvalue weighted by molar-refractivity contribution is 7.89. The van der Waals surface area contributed by atoms with Crippen molar-refractivity contribution in [2.24, 2.45) is 0 Å². The van der Waals surface area contributed by atoms with Crippen LogP contribution in [-0.4, -0.2) is 28.7 Å². The molecule has 0 radical (unpaired) electrons. The number of benzene rings is 1.